The van der Waals surface area contributed by atoms with Crippen molar-refractivity contribution in [3.8, 4) is 6.07 Å². The Morgan fingerprint density at radius 3 is 2.37 bits per heavy atom. The SMILES string of the molecule is N#Cc1ccc(N2CCN(c3cnn(CC(F)(F)F)c(=O)c3Cl)CC2)nc1. The molecule has 7 nitrogen and oxygen atoms in total. The van der Waals surface area contributed by atoms with Crippen molar-refractivity contribution in [1.82, 2.24) is 14.8 Å². The zero-order chi connectivity index (χ0) is 19.6. The van der Waals surface area contributed by atoms with Crippen LogP contribution in [0.2, 0.25) is 5.02 Å². The highest BCUT2D eigenvalue weighted by Crippen LogP contribution is 2.24. The van der Waals surface area contributed by atoms with Crippen molar-refractivity contribution < 1.29 is 13.2 Å². The molecule has 0 amide bonds. The Balaban J connectivity index is 1.71. The number of rotatable bonds is 3. The van der Waals surface area contributed by atoms with Gasteiger partial charge < -0.3 is 9.80 Å². The number of pyridine rings is 1. The van der Waals surface area contributed by atoms with Gasteiger partial charge in [-0.3, -0.25) is 4.79 Å². The summed E-state index contributed by atoms with van der Waals surface area (Å²) in [4.78, 5) is 20.1. The van der Waals surface area contributed by atoms with E-state index in [0.29, 0.717) is 42.1 Å². The Bertz CT molecular complexity index is 914. The van der Waals surface area contributed by atoms with Gasteiger partial charge in [0.1, 0.15) is 23.5 Å². The van der Waals surface area contributed by atoms with Crippen molar-refractivity contribution in [3.05, 3.63) is 45.5 Å². The molecule has 0 aliphatic carbocycles. The van der Waals surface area contributed by atoms with Gasteiger partial charge in [0, 0.05) is 32.4 Å². The van der Waals surface area contributed by atoms with Gasteiger partial charge in [-0.1, -0.05) is 11.6 Å². The second-order valence-electron chi connectivity index (χ2n) is 5.91. The van der Waals surface area contributed by atoms with Gasteiger partial charge in [-0.15, -0.1) is 0 Å². The minimum absolute atomic E-state index is 0.279. The van der Waals surface area contributed by atoms with Crippen LogP contribution in [0.1, 0.15) is 5.56 Å². The van der Waals surface area contributed by atoms with Gasteiger partial charge >= 0.3 is 6.18 Å². The average molecular weight is 399 g/mol. The predicted molar refractivity (Wildman–Crippen MR) is 92.9 cm³/mol. The molecule has 3 heterocycles. The maximum absolute atomic E-state index is 12.5. The number of aromatic nitrogens is 3. The lowest BCUT2D eigenvalue weighted by Crippen LogP contribution is -2.47. The Hall–Kier alpha value is -2.80. The first-order valence-corrected chi connectivity index (χ1v) is 8.35. The first kappa shape index (κ1) is 19.0. The highest BCUT2D eigenvalue weighted by Gasteiger charge is 2.30. The minimum atomic E-state index is -4.55. The summed E-state index contributed by atoms with van der Waals surface area (Å²) in [5, 5.41) is 12.1. The van der Waals surface area contributed by atoms with Crippen LogP contribution in [-0.2, 0) is 6.54 Å². The van der Waals surface area contributed by atoms with Crippen molar-refractivity contribution in [2.75, 3.05) is 36.0 Å². The van der Waals surface area contributed by atoms with E-state index >= 15 is 0 Å². The van der Waals surface area contributed by atoms with Gasteiger partial charge in [0.05, 0.1) is 17.4 Å². The lowest BCUT2D eigenvalue weighted by Gasteiger charge is -2.36. The molecule has 2 aromatic rings. The summed E-state index contributed by atoms with van der Waals surface area (Å²) in [7, 11) is 0. The van der Waals surface area contributed by atoms with Gasteiger partial charge in [-0.05, 0) is 12.1 Å². The molecular formula is C16H14ClF3N6O. The third-order valence-corrected chi connectivity index (χ3v) is 4.47. The van der Waals surface area contributed by atoms with Crippen molar-refractivity contribution >= 4 is 23.1 Å². The molecule has 0 N–H and O–H groups in total. The largest absolute Gasteiger partial charge is 0.408 e. The van der Waals surface area contributed by atoms with E-state index in [1.165, 1.54) is 12.4 Å². The van der Waals surface area contributed by atoms with Crippen molar-refractivity contribution in [1.29, 1.82) is 5.26 Å². The molecule has 11 heteroatoms. The summed E-state index contributed by atoms with van der Waals surface area (Å²) in [6.45, 7) is 0.642. The van der Waals surface area contributed by atoms with Crippen LogP contribution >= 0.6 is 11.6 Å². The topological polar surface area (TPSA) is 78.0 Å². The smallest absolute Gasteiger partial charge is 0.365 e. The van der Waals surface area contributed by atoms with Crippen LogP contribution in [0.4, 0.5) is 24.7 Å². The Kier molecular flexibility index (Phi) is 5.23. The van der Waals surface area contributed by atoms with Gasteiger partial charge in [-0.2, -0.15) is 23.5 Å². The van der Waals surface area contributed by atoms with Crippen molar-refractivity contribution in [2.24, 2.45) is 0 Å². The number of hydrogen-bond acceptors (Lipinski definition) is 6. The summed E-state index contributed by atoms with van der Waals surface area (Å²) in [5.74, 6) is 0.721. The van der Waals surface area contributed by atoms with E-state index in [1.807, 2.05) is 11.0 Å². The fourth-order valence-electron chi connectivity index (χ4n) is 2.77. The zero-order valence-corrected chi connectivity index (χ0v) is 14.7. The van der Waals surface area contributed by atoms with Gasteiger partial charge in [0.15, 0.2) is 0 Å². The minimum Gasteiger partial charge on any atom is -0.365 e. The molecule has 1 aliphatic heterocycles. The zero-order valence-electron chi connectivity index (χ0n) is 13.9. The summed E-state index contributed by atoms with van der Waals surface area (Å²) in [6, 6.07) is 5.43. The van der Waals surface area contributed by atoms with Crippen LogP contribution in [0.25, 0.3) is 0 Å². The van der Waals surface area contributed by atoms with Crippen LogP contribution in [0.3, 0.4) is 0 Å². The number of anilines is 2. The molecule has 0 aromatic carbocycles. The number of halogens is 4. The van der Waals surface area contributed by atoms with Gasteiger partial charge in [-0.25, -0.2) is 9.67 Å². The molecule has 1 fully saturated rings. The van der Waals surface area contributed by atoms with Crippen LogP contribution in [0.5, 0.6) is 0 Å². The first-order valence-electron chi connectivity index (χ1n) is 7.97. The average Bonchev–Trinajstić information content (AvgIpc) is 2.65. The van der Waals surface area contributed by atoms with Crippen LogP contribution in [0, 0.1) is 11.3 Å². The van der Waals surface area contributed by atoms with Crippen molar-refractivity contribution in [3.63, 3.8) is 0 Å². The monoisotopic (exact) mass is 398 g/mol. The lowest BCUT2D eigenvalue weighted by atomic mass is 10.2. The van der Waals surface area contributed by atoms with E-state index in [0.717, 1.165) is 5.82 Å². The molecule has 0 bridgehead atoms. The summed E-state index contributed by atoms with van der Waals surface area (Å²) in [5.41, 5.74) is -0.190. The maximum Gasteiger partial charge on any atom is 0.408 e. The molecule has 0 atom stereocenters. The standard InChI is InChI=1S/C16H14ClF3N6O/c17-14-12(9-23-26(15(14)27)10-16(18,19)20)24-3-5-25(6-4-24)13-2-1-11(7-21)8-22-13/h1-2,8-9H,3-6,10H2. The number of piperazine rings is 1. The van der Waals surface area contributed by atoms with E-state index in [4.69, 9.17) is 16.9 Å². The number of alkyl halides is 3. The molecule has 142 valence electrons. The summed E-state index contributed by atoms with van der Waals surface area (Å²) < 4.78 is 37.7. The third-order valence-electron chi connectivity index (χ3n) is 4.12. The molecule has 27 heavy (non-hydrogen) atoms. The Morgan fingerprint density at radius 2 is 1.81 bits per heavy atom. The van der Waals surface area contributed by atoms with Crippen LogP contribution in [-0.4, -0.2) is 47.1 Å². The first-order chi connectivity index (χ1) is 12.8. The molecule has 3 rings (SSSR count). The summed E-state index contributed by atoms with van der Waals surface area (Å²) >= 11 is 6.01. The Labute approximate surface area is 157 Å². The predicted octanol–water partition coefficient (Wildman–Crippen LogP) is 2.05. The van der Waals surface area contributed by atoms with E-state index in [1.54, 1.807) is 17.0 Å². The second kappa shape index (κ2) is 7.44. The van der Waals surface area contributed by atoms with E-state index in [2.05, 4.69) is 10.1 Å². The van der Waals surface area contributed by atoms with Crippen LogP contribution in [0.15, 0.2) is 29.3 Å². The molecule has 2 aromatic heterocycles. The third kappa shape index (κ3) is 4.31. The quantitative estimate of drug-likeness (QED) is 0.787. The highest BCUT2D eigenvalue weighted by molar-refractivity contribution is 6.33. The van der Waals surface area contributed by atoms with Crippen LogP contribution < -0.4 is 15.4 Å². The number of nitriles is 1. The molecule has 0 radical (unpaired) electrons. The molecule has 0 spiro atoms. The Morgan fingerprint density at radius 1 is 1.15 bits per heavy atom. The van der Waals surface area contributed by atoms with E-state index in [9.17, 15) is 18.0 Å². The fraction of sp³-hybridized carbons (Fsp3) is 0.375. The molecule has 1 aliphatic rings. The molecule has 1 saturated heterocycles. The van der Waals surface area contributed by atoms with Gasteiger partial charge in [0.25, 0.3) is 5.56 Å². The van der Waals surface area contributed by atoms with Gasteiger partial charge in [0.2, 0.25) is 0 Å². The maximum atomic E-state index is 12.5. The lowest BCUT2D eigenvalue weighted by molar-refractivity contribution is -0.143. The van der Waals surface area contributed by atoms with E-state index < -0.39 is 18.3 Å². The highest BCUT2D eigenvalue weighted by atomic mass is 35.5. The number of nitrogens with zero attached hydrogens (tertiary/aromatic N) is 6. The van der Waals surface area contributed by atoms with Crippen molar-refractivity contribution in [2.45, 2.75) is 12.7 Å². The van der Waals surface area contributed by atoms with E-state index in [-0.39, 0.29) is 5.02 Å². The normalized spacial score (nSPS) is 14.9. The molecule has 0 unspecified atom stereocenters. The second-order valence-corrected chi connectivity index (χ2v) is 6.29. The number of hydrogen-bond donors (Lipinski definition) is 0. The molecular weight excluding hydrogens is 385 g/mol. The summed E-state index contributed by atoms with van der Waals surface area (Å²) in [6.07, 6.45) is -1.88. The fourth-order valence-corrected chi connectivity index (χ4v) is 3.04. The molecule has 0 saturated carbocycles.